The number of nitrogens with zero attached hydrogens (tertiary/aromatic N) is 2. The number of anilines is 1. The number of oxazole rings is 1. The third-order valence-electron chi connectivity index (χ3n) is 4.22. The number of hydrogen-bond donors (Lipinski definition) is 1. The largest absolute Gasteiger partial charge is 0.432 e. The molecule has 1 fully saturated rings. The van der Waals surface area contributed by atoms with Crippen LogP contribution in [0.5, 0.6) is 0 Å². The van der Waals surface area contributed by atoms with E-state index in [0.29, 0.717) is 6.04 Å². The minimum Gasteiger partial charge on any atom is -0.432 e. The van der Waals surface area contributed by atoms with Gasteiger partial charge in [-0.05, 0) is 31.1 Å². The average molecular weight is 279 g/mol. The molecular weight excluding hydrogens is 250 g/mol. The van der Waals surface area contributed by atoms with Crippen LogP contribution in [0.3, 0.4) is 0 Å². The van der Waals surface area contributed by atoms with Gasteiger partial charge in [-0.15, -0.1) is 0 Å². The fraction of sp³-hybridized carbons (Fsp3) is 0.812. The molecule has 1 saturated heterocycles. The van der Waals surface area contributed by atoms with Gasteiger partial charge in [0.2, 0.25) is 0 Å². The fourth-order valence-electron chi connectivity index (χ4n) is 2.81. The van der Waals surface area contributed by atoms with Gasteiger partial charge in [-0.1, -0.05) is 27.7 Å². The molecule has 20 heavy (non-hydrogen) atoms. The Balaban J connectivity index is 1.91. The fourth-order valence-corrected chi connectivity index (χ4v) is 2.81. The first-order valence-corrected chi connectivity index (χ1v) is 7.99. The molecule has 1 aliphatic heterocycles. The van der Waals surface area contributed by atoms with E-state index in [2.05, 4.69) is 42.9 Å². The van der Waals surface area contributed by atoms with Crippen molar-refractivity contribution in [3.05, 3.63) is 12.0 Å². The van der Waals surface area contributed by atoms with Crippen molar-refractivity contribution in [3.8, 4) is 0 Å². The summed E-state index contributed by atoms with van der Waals surface area (Å²) in [6.45, 7) is 11.9. The highest BCUT2D eigenvalue weighted by Crippen LogP contribution is 2.26. The molecule has 1 unspecified atom stereocenters. The zero-order valence-electron chi connectivity index (χ0n) is 13.4. The van der Waals surface area contributed by atoms with Crippen LogP contribution in [0.4, 0.5) is 6.01 Å². The number of hydrogen-bond acceptors (Lipinski definition) is 4. The van der Waals surface area contributed by atoms with E-state index in [-0.39, 0.29) is 0 Å². The van der Waals surface area contributed by atoms with Crippen LogP contribution in [0, 0.1) is 11.8 Å². The lowest BCUT2D eigenvalue weighted by molar-refractivity contribution is 0.351. The first-order valence-electron chi connectivity index (χ1n) is 7.99. The van der Waals surface area contributed by atoms with Crippen LogP contribution in [0.1, 0.15) is 52.7 Å². The highest BCUT2D eigenvalue weighted by atomic mass is 16.4. The van der Waals surface area contributed by atoms with Gasteiger partial charge in [-0.25, -0.2) is 0 Å². The molecule has 0 amide bonds. The molecule has 2 rings (SSSR count). The van der Waals surface area contributed by atoms with E-state index < -0.39 is 0 Å². The Morgan fingerprint density at radius 1 is 1.30 bits per heavy atom. The van der Waals surface area contributed by atoms with Crippen LogP contribution >= 0.6 is 0 Å². The Morgan fingerprint density at radius 3 is 2.80 bits per heavy atom. The number of rotatable bonds is 5. The van der Waals surface area contributed by atoms with E-state index in [4.69, 9.17) is 4.42 Å². The summed E-state index contributed by atoms with van der Waals surface area (Å²) < 4.78 is 5.66. The summed E-state index contributed by atoms with van der Waals surface area (Å²) in [5.41, 5.74) is 0.998. The second kappa shape index (κ2) is 7.11. The zero-order chi connectivity index (χ0) is 14.5. The van der Waals surface area contributed by atoms with Crippen LogP contribution < -0.4 is 10.2 Å². The lowest BCUT2D eigenvalue weighted by atomic mass is 9.89. The van der Waals surface area contributed by atoms with Crippen molar-refractivity contribution in [1.29, 1.82) is 0 Å². The number of nitrogens with one attached hydrogen (secondary N) is 1. The molecule has 2 heterocycles. The lowest BCUT2D eigenvalue weighted by Gasteiger charge is -2.19. The molecule has 0 spiro atoms. The molecule has 1 aromatic rings. The lowest BCUT2D eigenvalue weighted by Crippen LogP contribution is -2.25. The monoisotopic (exact) mass is 279 g/mol. The van der Waals surface area contributed by atoms with Gasteiger partial charge < -0.3 is 14.6 Å². The third-order valence-corrected chi connectivity index (χ3v) is 4.22. The Bertz CT molecular complexity index is 400. The molecule has 1 aromatic heterocycles. The quantitative estimate of drug-likeness (QED) is 0.896. The maximum atomic E-state index is 5.66. The maximum absolute atomic E-state index is 5.66. The van der Waals surface area contributed by atoms with Gasteiger partial charge in [0.1, 0.15) is 6.26 Å². The summed E-state index contributed by atoms with van der Waals surface area (Å²) in [7, 11) is 0. The van der Waals surface area contributed by atoms with Gasteiger partial charge in [-0.2, -0.15) is 4.98 Å². The highest BCUT2D eigenvalue weighted by Gasteiger charge is 2.21. The minimum absolute atomic E-state index is 0.472. The molecule has 0 radical (unpaired) electrons. The van der Waals surface area contributed by atoms with Crippen molar-refractivity contribution in [3.63, 3.8) is 0 Å². The molecule has 1 aliphatic rings. The normalized spacial score (nSPS) is 20.7. The molecule has 4 nitrogen and oxygen atoms in total. The average Bonchev–Trinajstić information content (AvgIpc) is 2.72. The van der Waals surface area contributed by atoms with Crippen molar-refractivity contribution in [2.75, 3.05) is 18.0 Å². The van der Waals surface area contributed by atoms with E-state index in [0.717, 1.165) is 43.2 Å². The third kappa shape index (κ3) is 4.23. The Morgan fingerprint density at radius 2 is 2.10 bits per heavy atom. The van der Waals surface area contributed by atoms with Gasteiger partial charge in [0.15, 0.2) is 0 Å². The van der Waals surface area contributed by atoms with Gasteiger partial charge in [0.25, 0.3) is 6.01 Å². The Hall–Kier alpha value is -1.03. The molecule has 0 bridgehead atoms. The molecule has 0 aromatic carbocycles. The highest BCUT2D eigenvalue weighted by molar-refractivity contribution is 5.27. The second-order valence-electron chi connectivity index (χ2n) is 6.58. The van der Waals surface area contributed by atoms with Gasteiger partial charge in [-0.3, -0.25) is 0 Å². The molecule has 114 valence electrons. The van der Waals surface area contributed by atoms with E-state index in [1.165, 1.54) is 19.3 Å². The first-order chi connectivity index (χ1) is 9.56. The summed E-state index contributed by atoms with van der Waals surface area (Å²) in [6, 6.07) is 1.27. The molecule has 1 N–H and O–H groups in total. The predicted octanol–water partition coefficient (Wildman–Crippen LogP) is 3.44. The zero-order valence-corrected chi connectivity index (χ0v) is 13.4. The van der Waals surface area contributed by atoms with Crippen LogP contribution in [0.25, 0.3) is 0 Å². The van der Waals surface area contributed by atoms with Crippen molar-refractivity contribution >= 4 is 6.01 Å². The van der Waals surface area contributed by atoms with E-state index >= 15 is 0 Å². The summed E-state index contributed by atoms with van der Waals surface area (Å²) in [6.07, 6.45) is 5.61. The van der Waals surface area contributed by atoms with E-state index in [1.807, 2.05) is 0 Å². The summed E-state index contributed by atoms with van der Waals surface area (Å²) >= 11 is 0. The smallest absolute Gasteiger partial charge is 0.297 e. The van der Waals surface area contributed by atoms with E-state index in [9.17, 15) is 0 Å². The van der Waals surface area contributed by atoms with Crippen molar-refractivity contribution in [1.82, 2.24) is 10.3 Å². The minimum atomic E-state index is 0.472. The Labute approximate surface area is 122 Å². The van der Waals surface area contributed by atoms with Gasteiger partial charge in [0, 0.05) is 25.7 Å². The van der Waals surface area contributed by atoms with Crippen molar-refractivity contribution in [2.24, 2.45) is 11.8 Å². The van der Waals surface area contributed by atoms with Crippen LogP contribution in [0.15, 0.2) is 10.7 Å². The molecular formula is C16H29N3O. The van der Waals surface area contributed by atoms with Crippen LogP contribution in [-0.4, -0.2) is 24.1 Å². The van der Waals surface area contributed by atoms with E-state index in [1.54, 1.807) is 6.26 Å². The molecule has 0 aliphatic carbocycles. The molecule has 0 saturated carbocycles. The maximum Gasteiger partial charge on any atom is 0.297 e. The first kappa shape index (κ1) is 15.4. The SMILES string of the molecule is CC(C)NCc1coc(N2CCCC(C(C)C)CC2)n1. The molecule has 4 heteroatoms. The van der Waals surface area contributed by atoms with Crippen molar-refractivity contribution < 1.29 is 4.42 Å². The van der Waals surface area contributed by atoms with Crippen LogP contribution in [0.2, 0.25) is 0 Å². The topological polar surface area (TPSA) is 41.3 Å². The second-order valence-corrected chi connectivity index (χ2v) is 6.58. The van der Waals surface area contributed by atoms with Crippen LogP contribution in [-0.2, 0) is 6.54 Å². The summed E-state index contributed by atoms with van der Waals surface area (Å²) in [4.78, 5) is 6.92. The van der Waals surface area contributed by atoms with Gasteiger partial charge in [0.05, 0.1) is 5.69 Å². The summed E-state index contributed by atoms with van der Waals surface area (Å²) in [5.74, 6) is 1.63. The standard InChI is InChI=1S/C16H29N3O/c1-12(2)14-6-5-8-19(9-7-14)16-18-15(11-20-16)10-17-13(3)4/h11-14,17H,5-10H2,1-4H3. The van der Waals surface area contributed by atoms with Crippen molar-refractivity contribution in [2.45, 2.75) is 59.5 Å². The Kier molecular flexibility index (Phi) is 5.46. The predicted molar refractivity (Wildman–Crippen MR) is 82.9 cm³/mol. The number of aromatic nitrogens is 1. The summed E-state index contributed by atoms with van der Waals surface area (Å²) in [5, 5.41) is 3.37. The molecule has 1 atom stereocenters. The van der Waals surface area contributed by atoms with Gasteiger partial charge >= 0.3 is 0 Å².